The minimum atomic E-state index is -3.87. The molecular weight excluding hydrogens is 286 g/mol. The number of hydrogen-bond donors (Lipinski definition) is 2. The summed E-state index contributed by atoms with van der Waals surface area (Å²) in [6.45, 7) is 0.105. The van der Waals surface area contributed by atoms with E-state index >= 15 is 0 Å². The minimum absolute atomic E-state index is 0.105. The van der Waals surface area contributed by atoms with Crippen molar-refractivity contribution in [3.8, 4) is 0 Å². The third-order valence-corrected chi connectivity index (χ3v) is 5.06. The Hall–Kier alpha value is -1.05. The Morgan fingerprint density at radius 2 is 1.80 bits per heavy atom. The van der Waals surface area contributed by atoms with E-state index in [0.29, 0.717) is 6.07 Å². The van der Waals surface area contributed by atoms with E-state index in [2.05, 4.69) is 4.72 Å². The fraction of sp³-hybridized carbons (Fsp3) is 0.538. The molecule has 0 bridgehead atoms. The Labute approximate surface area is 117 Å². The quantitative estimate of drug-likeness (QED) is 0.892. The summed E-state index contributed by atoms with van der Waals surface area (Å²) >= 11 is 0. The van der Waals surface area contributed by atoms with Crippen LogP contribution in [0.3, 0.4) is 0 Å². The summed E-state index contributed by atoms with van der Waals surface area (Å²) in [5.41, 5.74) is 5.59. The fourth-order valence-corrected chi connectivity index (χ4v) is 3.55. The number of benzene rings is 1. The van der Waals surface area contributed by atoms with Crippen LogP contribution in [-0.4, -0.2) is 20.5 Å². The second-order valence-corrected chi connectivity index (χ2v) is 7.09. The molecule has 0 saturated heterocycles. The smallest absolute Gasteiger partial charge is 0.240 e. The highest BCUT2D eigenvalue weighted by Gasteiger charge is 2.29. The highest BCUT2D eigenvalue weighted by molar-refractivity contribution is 7.89. The van der Waals surface area contributed by atoms with Crippen LogP contribution in [0.15, 0.2) is 23.1 Å². The standard InChI is InChI=1S/C13H18F2N2O2S/c14-11-5-4-10(8-12(11)15)20(18,19)17-9-13(16)6-2-1-3-7-13/h4-5,8,17H,1-3,6-7,9,16H2. The summed E-state index contributed by atoms with van der Waals surface area (Å²) in [5.74, 6) is -2.26. The van der Waals surface area contributed by atoms with Crippen LogP contribution < -0.4 is 10.5 Å². The van der Waals surface area contributed by atoms with Gasteiger partial charge in [-0.25, -0.2) is 21.9 Å². The van der Waals surface area contributed by atoms with Crippen LogP contribution in [-0.2, 0) is 10.0 Å². The number of rotatable bonds is 4. The van der Waals surface area contributed by atoms with Gasteiger partial charge in [-0.3, -0.25) is 0 Å². The molecule has 0 spiro atoms. The average Bonchev–Trinajstić information content (AvgIpc) is 2.41. The first-order chi connectivity index (χ1) is 9.32. The fourth-order valence-electron chi connectivity index (χ4n) is 2.40. The van der Waals surface area contributed by atoms with E-state index in [0.717, 1.165) is 44.2 Å². The first-order valence-corrected chi connectivity index (χ1v) is 8.04. The third-order valence-electron chi connectivity index (χ3n) is 3.66. The van der Waals surface area contributed by atoms with E-state index in [1.165, 1.54) is 0 Å². The second-order valence-electron chi connectivity index (χ2n) is 5.32. The predicted molar refractivity (Wildman–Crippen MR) is 71.5 cm³/mol. The molecule has 1 saturated carbocycles. The Balaban J connectivity index is 2.09. The van der Waals surface area contributed by atoms with Gasteiger partial charge in [0.2, 0.25) is 10.0 Å². The monoisotopic (exact) mass is 304 g/mol. The molecule has 1 aromatic carbocycles. The molecule has 3 N–H and O–H groups in total. The molecule has 1 aliphatic carbocycles. The summed E-state index contributed by atoms with van der Waals surface area (Å²) in [4.78, 5) is -0.296. The van der Waals surface area contributed by atoms with Crippen LogP contribution in [0.2, 0.25) is 0 Å². The first kappa shape index (κ1) is 15.3. The molecule has 1 fully saturated rings. The molecule has 112 valence electrons. The molecule has 4 nitrogen and oxygen atoms in total. The summed E-state index contributed by atoms with van der Waals surface area (Å²) in [6.07, 6.45) is 4.57. The van der Waals surface area contributed by atoms with Gasteiger partial charge in [0.15, 0.2) is 11.6 Å². The first-order valence-electron chi connectivity index (χ1n) is 6.56. The zero-order chi connectivity index (χ0) is 14.8. The molecule has 7 heteroatoms. The van der Waals surface area contributed by atoms with E-state index in [1.54, 1.807) is 0 Å². The molecule has 0 radical (unpaired) electrons. The molecule has 0 atom stereocenters. The molecular formula is C13H18F2N2O2S. The van der Waals surface area contributed by atoms with Crippen molar-refractivity contribution >= 4 is 10.0 Å². The number of hydrogen-bond acceptors (Lipinski definition) is 3. The van der Waals surface area contributed by atoms with Crippen molar-refractivity contribution < 1.29 is 17.2 Å². The van der Waals surface area contributed by atoms with Crippen molar-refractivity contribution in [3.63, 3.8) is 0 Å². The van der Waals surface area contributed by atoms with Crippen molar-refractivity contribution in [3.05, 3.63) is 29.8 Å². The Morgan fingerprint density at radius 3 is 2.40 bits per heavy atom. The van der Waals surface area contributed by atoms with E-state index in [4.69, 9.17) is 5.73 Å². The molecule has 0 heterocycles. The SMILES string of the molecule is NC1(CNS(=O)(=O)c2ccc(F)c(F)c2)CCCCC1. The van der Waals surface area contributed by atoms with E-state index in [9.17, 15) is 17.2 Å². The summed E-state index contributed by atoms with van der Waals surface area (Å²) < 4.78 is 52.3. The second kappa shape index (κ2) is 5.75. The van der Waals surface area contributed by atoms with Gasteiger partial charge in [-0.2, -0.15) is 0 Å². The van der Waals surface area contributed by atoms with Gasteiger partial charge in [0.05, 0.1) is 4.90 Å². The Morgan fingerprint density at radius 1 is 1.15 bits per heavy atom. The predicted octanol–water partition coefficient (Wildman–Crippen LogP) is 1.90. The molecule has 0 amide bonds. The Bertz CT molecular complexity index is 584. The zero-order valence-electron chi connectivity index (χ0n) is 11.0. The van der Waals surface area contributed by atoms with Gasteiger partial charge in [0.25, 0.3) is 0 Å². The lowest BCUT2D eigenvalue weighted by molar-refractivity contribution is 0.296. The van der Waals surface area contributed by atoms with Crippen molar-refractivity contribution in [1.82, 2.24) is 4.72 Å². The van der Waals surface area contributed by atoms with Crippen LogP contribution >= 0.6 is 0 Å². The topological polar surface area (TPSA) is 72.2 Å². The highest BCUT2D eigenvalue weighted by atomic mass is 32.2. The Kier molecular flexibility index (Phi) is 4.41. The normalized spacial score (nSPS) is 18.9. The summed E-state index contributed by atoms with van der Waals surface area (Å²) in [5, 5.41) is 0. The average molecular weight is 304 g/mol. The van der Waals surface area contributed by atoms with Crippen molar-refractivity contribution in [2.45, 2.75) is 42.5 Å². The van der Waals surface area contributed by atoms with Crippen molar-refractivity contribution in [2.75, 3.05) is 6.54 Å². The van der Waals surface area contributed by atoms with Gasteiger partial charge in [0.1, 0.15) is 0 Å². The lowest BCUT2D eigenvalue weighted by Crippen LogP contribution is -2.51. The summed E-state index contributed by atoms with van der Waals surface area (Å²) in [6, 6.07) is 2.50. The lowest BCUT2D eigenvalue weighted by Gasteiger charge is -2.33. The van der Waals surface area contributed by atoms with Crippen LogP contribution in [0.25, 0.3) is 0 Å². The van der Waals surface area contributed by atoms with Gasteiger partial charge >= 0.3 is 0 Å². The maximum absolute atomic E-state index is 13.1. The zero-order valence-corrected chi connectivity index (χ0v) is 11.8. The van der Waals surface area contributed by atoms with Gasteiger partial charge in [0, 0.05) is 12.1 Å². The van der Waals surface area contributed by atoms with E-state index < -0.39 is 27.2 Å². The van der Waals surface area contributed by atoms with E-state index in [-0.39, 0.29) is 11.4 Å². The maximum atomic E-state index is 13.1. The van der Waals surface area contributed by atoms with Crippen molar-refractivity contribution in [2.24, 2.45) is 5.73 Å². The number of nitrogens with one attached hydrogen (secondary N) is 1. The van der Waals surface area contributed by atoms with Crippen LogP contribution in [0.5, 0.6) is 0 Å². The third kappa shape index (κ3) is 3.53. The van der Waals surface area contributed by atoms with Gasteiger partial charge in [-0.15, -0.1) is 0 Å². The van der Waals surface area contributed by atoms with Gasteiger partial charge < -0.3 is 5.73 Å². The number of halogens is 2. The van der Waals surface area contributed by atoms with Crippen LogP contribution in [0, 0.1) is 11.6 Å². The largest absolute Gasteiger partial charge is 0.324 e. The molecule has 1 aliphatic rings. The molecule has 0 unspecified atom stereocenters. The van der Waals surface area contributed by atoms with Crippen LogP contribution in [0.1, 0.15) is 32.1 Å². The number of sulfonamides is 1. The van der Waals surface area contributed by atoms with Gasteiger partial charge in [-0.1, -0.05) is 19.3 Å². The molecule has 20 heavy (non-hydrogen) atoms. The molecule has 2 rings (SSSR count). The highest BCUT2D eigenvalue weighted by Crippen LogP contribution is 2.25. The number of nitrogens with two attached hydrogens (primary N) is 1. The minimum Gasteiger partial charge on any atom is -0.324 e. The summed E-state index contributed by atoms with van der Waals surface area (Å²) in [7, 11) is -3.87. The van der Waals surface area contributed by atoms with Gasteiger partial charge in [-0.05, 0) is 31.0 Å². The van der Waals surface area contributed by atoms with Crippen LogP contribution in [0.4, 0.5) is 8.78 Å². The van der Waals surface area contributed by atoms with E-state index in [1.807, 2.05) is 0 Å². The van der Waals surface area contributed by atoms with Crippen molar-refractivity contribution in [1.29, 1.82) is 0 Å². The maximum Gasteiger partial charge on any atom is 0.240 e. The molecule has 0 aliphatic heterocycles. The molecule has 0 aromatic heterocycles. The molecule has 1 aromatic rings. The lowest BCUT2D eigenvalue weighted by atomic mass is 9.83.